The molecule has 0 saturated heterocycles. The summed E-state index contributed by atoms with van der Waals surface area (Å²) in [4.78, 5) is 0.975. The van der Waals surface area contributed by atoms with E-state index in [-0.39, 0.29) is 16.8 Å². The van der Waals surface area contributed by atoms with Crippen LogP contribution >= 0.6 is 11.3 Å². The van der Waals surface area contributed by atoms with E-state index in [4.69, 9.17) is 5.73 Å². The zero-order chi connectivity index (χ0) is 14.0. The van der Waals surface area contributed by atoms with Gasteiger partial charge >= 0.3 is 0 Å². The lowest BCUT2D eigenvalue weighted by Crippen LogP contribution is -2.26. The van der Waals surface area contributed by atoms with Gasteiger partial charge in [-0.05, 0) is 25.3 Å². The Morgan fingerprint density at radius 1 is 1.58 bits per heavy atom. The van der Waals surface area contributed by atoms with Crippen LogP contribution in [0.2, 0.25) is 0 Å². The molecular weight excluding hydrogens is 284 g/mol. The molecule has 0 bridgehead atoms. The monoisotopic (exact) mass is 300 g/mol. The van der Waals surface area contributed by atoms with E-state index >= 15 is 0 Å². The number of hydrogen-bond donors (Lipinski definition) is 2. The minimum Gasteiger partial charge on any atom is -0.381 e. The van der Waals surface area contributed by atoms with E-state index < -0.39 is 10.0 Å². The summed E-state index contributed by atoms with van der Waals surface area (Å²) in [7, 11) is -3.66. The second-order valence-corrected chi connectivity index (χ2v) is 6.75. The average molecular weight is 300 g/mol. The molecule has 1 atom stereocenters. The fraction of sp³-hybridized carbons (Fsp3) is 0.364. The number of anilines is 1. The molecule has 0 aliphatic carbocycles. The number of nitrogens with one attached hydrogen (secondary N) is 1. The molecule has 0 aliphatic heterocycles. The highest BCUT2D eigenvalue weighted by atomic mass is 32.2. The van der Waals surface area contributed by atoms with Crippen molar-refractivity contribution in [2.45, 2.75) is 31.3 Å². The number of rotatable bonds is 5. The van der Waals surface area contributed by atoms with E-state index in [0.29, 0.717) is 6.54 Å². The molecule has 104 valence electrons. The third kappa shape index (κ3) is 2.96. The molecule has 0 amide bonds. The van der Waals surface area contributed by atoms with Crippen LogP contribution in [0.5, 0.6) is 0 Å². The maximum atomic E-state index is 12.2. The SMILES string of the molecule is CCn1cc(S(=O)(=O)NC(C)c2cccs2)c(N)n1. The number of hydrogen-bond acceptors (Lipinski definition) is 5. The number of aromatic nitrogens is 2. The van der Waals surface area contributed by atoms with Crippen LogP contribution in [0.15, 0.2) is 28.6 Å². The molecule has 0 saturated carbocycles. The Balaban J connectivity index is 2.25. The third-order valence-corrected chi connectivity index (χ3v) is 5.28. The molecule has 2 rings (SSSR count). The summed E-state index contributed by atoms with van der Waals surface area (Å²) in [6, 6.07) is 3.47. The van der Waals surface area contributed by atoms with Gasteiger partial charge in [0.15, 0.2) is 5.82 Å². The summed E-state index contributed by atoms with van der Waals surface area (Å²) in [6.07, 6.45) is 1.44. The fourth-order valence-corrected chi connectivity index (χ4v) is 3.78. The van der Waals surface area contributed by atoms with Gasteiger partial charge in [0.25, 0.3) is 0 Å². The molecule has 0 fully saturated rings. The minimum absolute atomic E-state index is 0.0210. The number of aryl methyl sites for hydroxylation is 1. The van der Waals surface area contributed by atoms with E-state index in [1.807, 2.05) is 24.4 Å². The Bertz CT molecular complexity index is 646. The summed E-state index contributed by atoms with van der Waals surface area (Å²) in [6.45, 7) is 4.23. The van der Waals surface area contributed by atoms with Crippen molar-refractivity contribution in [2.24, 2.45) is 0 Å². The van der Waals surface area contributed by atoms with Gasteiger partial charge in [-0.15, -0.1) is 11.3 Å². The van der Waals surface area contributed by atoms with Crippen molar-refractivity contribution in [1.29, 1.82) is 0 Å². The van der Waals surface area contributed by atoms with Gasteiger partial charge in [0, 0.05) is 17.6 Å². The van der Waals surface area contributed by atoms with Gasteiger partial charge in [-0.3, -0.25) is 4.68 Å². The van der Waals surface area contributed by atoms with Gasteiger partial charge in [0.2, 0.25) is 10.0 Å². The van der Waals surface area contributed by atoms with E-state index in [1.54, 1.807) is 6.92 Å². The van der Waals surface area contributed by atoms with Crippen molar-refractivity contribution in [3.05, 3.63) is 28.6 Å². The smallest absolute Gasteiger partial charge is 0.246 e. The molecule has 0 aromatic carbocycles. The molecule has 6 nitrogen and oxygen atoms in total. The number of nitrogens with two attached hydrogens (primary N) is 1. The highest BCUT2D eigenvalue weighted by molar-refractivity contribution is 7.89. The molecule has 0 spiro atoms. The molecule has 8 heteroatoms. The Hall–Kier alpha value is -1.38. The molecule has 2 aromatic rings. The van der Waals surface area contributed by atoms with Gasteiger partial charge in [0.05, 0.1) is 6.04 Å². The number of sulfonamides is 1. The second-order valence-electron chi connectivity index (χ2n) is 4.09. The highest BCUT2D eigenvalue weighted by Gasteiger charge is 2.23. The predicted molar refractivity (Wildman–Crippen MR) is 75.4 cm³/mol. The molecule has 2 aromatic heterocycles. The van der Waals surface area contributed by atoms with Crippen LogP contribution in [0.4, 0.5) is 5.82 Å². The highest BCUT2D eigenvalue weighted by Crippen LogP contribution is 2.22. The summed E-state index contributed by atoms with van der Waals surface area (Å²) in [5.74, 6) is 0.0210. The van der Waals surface area contributed by atoms with Crippen LogP contribution in [0.1, 0.15) is 24.8 Å². The first-order chi connectivity index (χ1) is 8.94. The van der Waals surface area contributed by atoms with Gasteiger partial charge in [-0.2, -0.15) is 5.10 Å². The number of nitrogen functional groups attached to an aromatic ring is 1. The maximum absolute atomic E-state index is 12.2. The summed E-state index contributed by atoms with van der Waals surface area (Å²) >= 11 is 1.50. The maximum Gasteiger partial charge on any atom is 0.246 e. The summed E-state index contributed by atoms with van der Waals surface area (Å²) in [5.41, 5.74) is 5.65. The fourth-order valence-electron chi connectivity index (χ4n) is 1.68. The first-order valence-electron chi connectivity index (χ1n) is 5.82. The summed E-state index contributed by atoms with van der Waals surface area (Å²) < 4.78 is 28.6. The largest absolute Gasteiger partial charge is 0.381 e. The molecule has 3 N–H and O–H groups in total. The van der Waals surface area contributed by atoms with Crippen LogP contribution in [-0.2, 0) is 16.6 Å². The van der Waals surface area contributed by atoms with Crippen molar-refractivity contribution < 1.29 is 8.42 Å². The Morgan fingerprint density at radius 3 is 2.84 bits per heavy atom. The van der Waals surface area contributed by atoms with E-state index in [1.165, 1.54) is 22.2 Å². The quantitative estimate of drug-likeness (QED) is 0.877. The van der Waals surface area contributed by atoms with Crippen molar-refractivity contribution in [1.82, 2.24) is 14.5 Å². The number of nitrogens with zero attached hydrogens (tertiary/aromatic N) is 2. The zero-order valence-corrected chi connectivity index (χ0v) is 12.3. The minimum atomic E-state index is -3.66. The van der Waals surface area contributed by atoms with Gasteiger partial charge in [-0.1, -0.05) is 6.07 Å². The summed E-state index contributed by atoms with van der Waals surface area (Å²) in [5, 5.41) is 5.85. The Kier molecular flexibility index (Phi) is 3.93. The van der Waals surface area contributed by atoms with Crippen molar-refractivity contribution in [3.63, 3.8) is 0 Å². The average Bonchev–Trinajstić information content (AvgIpc) is 2.96. The van der Waals surface area contributed by atoms with Crippen molar-refractivity contribution in [2.75, 3.05) is 5.73 Å². The van der Waals surface area contributed by atoms with E-state index in [0.717, 1.165) is 4.88 Å². The third-order valence-electron chi connectivity index (χ3n) is 2.67. The normalized spacial score (nSPS) is 13.6. The van der Waals surface area contributed by atoms with Crippen LogP contribution in [0, 0.1) is 0 Å². The van der Waals surface area contributed by atoms with E-state index in [9.17, 15) is 8.42 Å². The topological polar surface area (TPSA) is 90.0 Å². The standard InChI is InChI=1S/C11H16N4O2S2/c1-3-15-7-10(11(12)13-15)19(16,17)14-8(2)9-5-4-6-18-9/h4-8,14H,3H2,1-2H3,(H2,12,13). The number of thiophene rings is 1. The van der Waals surface area contributed by atoms with Crippen molar-refractivity contribution in [3.8, 4) is 0 Å². The zero-order valence-electron chi connectivity index (χ0n) is 10.7. The molecule has 0 aliphatic rings. The lowest BCUT2D eigenvalue weighted by molar-refractivity contribution is 0.568. The Labute approximate surface area is 116 Å². The second kappa shape index (κ2) is 5.32. The lowest BCUT2D eigenvalue weighted by atomic mass is 10.3. The molecule has 2 heterocycles. The molecule has 1 unspecified atom stereocenters. The molecule has 0 radical (unpaired) electrons. The van der Waals surface area contributed by atoms with E-state index in [2.05, 4.69) is 9.82 Å². The van der Waals surface area contributed by atoms with Crippen LogP contribution in [-0.4, -0.2) is 18.2 Å². The van der Waals surface area contributed by atoms with Gasteiger partial charge in [0.1, 0.15) is 4.90 Å². The van der Waals surface area contributed by atoms with Crippen LogP contribution < -0.4 is 10.5 Å². The first-order valence-corrected chi connectivity index (χ1v) is 8.19. The molecule has 19 heavy (non-hydrogen) atoms. The lowest BCUT2D eigenvalue weighted by Gasteiger charge is -2.11. The Morgan fingerprint density at radius 2 is 2.32 bits per heavy atom. The van der Waals surface area contributed by atoms with Crippen LogP contribution in [0.3, 0.4) is 0 Å². The first kappa shape index (κ1) is 14.0. The molecular formula is C11H16N4O2S2. The van der Waals surface area contributed by atoms with Crippen LogP contribution in [0.25, 0.3) is 0 Å². The van der Waals surface area contributed by atoms with Gasteiger partial charge < -0.3 is 5.73 Å². The predicted octanol–water partition coefficient (Wildman–Crippen LogP) is 1.59. The van der Waals surface area contributed by atoms with Crippen molar-refractivity contribution >= 4 is 27.2 Å². The van der Waals surface area contributed by atoms with Gasteiger partial charge in [-0.25, -0.2) is 13.1 Å².